The highest BCUT2D eigenvalue weighted by Crippen LogP contribution is 2.35. The van der Waals surface area contributed by atoms with Crippen molar-refractivity contribution in [1.29, 1.82) is 0 Å². The molecule has 0 amide bonds. The number of nitrogens with two attached hydrogens (primary N) is 1. The van der Waals surface area contributed by atoms with Crippen LogP contribution in [0.4, 0.5) is 10.1 Å². The second kappa shape index (κ2) is 7.58. The van der Waals surface area contributed by atoms with Crippen LogP contribution in [0.25, 0.3) is 10.9 Å². The fraction of sp³-hybridized carbons (Fsp3) is 0.273. The summed E-state index contributed by atoms with van der Waals surface area (Å²) in [5.41, 5.74) is 6.00. The van der Waals surface area contributed by atoms with E-state index in [1.54, 1.807) is 12.1 Å². The first kappa shape index (κ1) is 21.2. The largest absolute Gasteiger partial charge is 0.506 e. The average molecular weight is 444 g/mol. The second-order valence-electron chi connectivity index (χ2n) is 8.02. The van der Waals surface area contributed by atoms with E-state index >= 15 is 0 Å². The molecule has 0 atom stereocenters. The van der Waals surface area contributed by atoms with Crippen molar-refractivity contribution in [3.63, 3.8) is 0 Å². The van der Waals surface area contributed by atoms with Crippen LogP contribution in [0.3, 0.4) is 0 Å². The van der Waals surface area contributed by atoms with Crippen molar-refractivity contribution in [3.8, 4) is 5.75 Å². The van der Waals surface area contributed by atoms with Gasteiger partial charge in [0.15, 0.2) is 9.84 Å². The number of rotatable bonds is 4. The van der Waals surface area contributed by atoms with E-state index < -0.39 is 32.7 Å². The van der Waals surface area contributed by atoms with Crippen LogP contribution in [-0.4, -0.2) is 29.6 Å². The first-order valence-corrected chi connectivity index (χ1v) is 11.5. The SMILES string of the molecule is CC(C)Cn1c(=O)c(C2=Nc3cc(CN)ccc3S(=O)(=O)C2)c(O)c2cc(F)ccc21. The maximum atomic E-state index is 14.0. The number of nitrogens with zero attached hydrogens (tertiary/aromatic N) is 2. The summed E-state index contributed by atoms with van der Waals surface area (Å²) < 4.78 is 41.2. The van der Waals surface area contributed by atoms with Crippen molar-refractivity contribution in [2.45, 2.75) is 31.8 Å². The maximum Gasteiger partial charge on any atom is 0.263 e. The third-order valence-corrected chi connectivity index (χ3v) is 6.88. The van der Waals surface area contributed by atoms with Gasteiger partial charge in [0.25, 0.3) is 5.56 Å². The first-order valence-electron chi connectivity index (χ1n) is 9.81. The Labute approximate surface area is 178 Å². The summed E-state index contributed by atoms with van der Waals surface area (Å²) in [5.74, 6) is -1.53. The van der Waals surface area contributed by atoms with Crippen LogP contribution in [0.2, 0.25) is 0 Å². The molecule has 4 rings (SSSR count). The molecule has 2 heterocycles. The van der Waals surface area contributed by atoms with Gasteiger partial charge in [-0.05, 0) is 41.8 Å². The molecule has 0 aliphatic carbocycles. The number of halogens is 1. The quantitative estimate of drug-likeness (QED) is 0.643. The van der Waals surface area contributed by atoms with E-state index in [4.69, 9.17) is 5.73 Å². The number of hydrogen-bond acceptors (Lipinski definition) is 6. The molecular formula is C22H22FN3O4S. The van der Waals surface area contributed by atoms with E-state index in [9.17, 15) is 22.7 Å². The Bertz CT molecular complexity index is 1410. The predicted molar refractivity (Wildman–Crippen MR) is 117 cm³/mol. The summed E-state index contributed by atoms with van der Waals surface area (Å²) in [4.78, 5) is 17.8. The number of benzene rings is 2. The van der Waals surface area contributed by atoms with E-state index in [0.29, 0.717) is 17.6 Å². The van der Waals surface area contributed by atoms with Crippen LogP contribution in [0.1, 0.15) is 25.0 Å². The van der Waals surface area contributed by atoms with Gasteiger partial charge in [-0.3, -0.25) is 9.79 Å². The molecule has 7 nitrogen and oxygen atoms in total. The Hall–Kier alpha value is -3.04. The monoisotopic (exact) mass is 443 g/mol. The number of aromatic hydroxyl groups is 1. The minimum atomic E-state index is -3.80. The highest BCUT2D eigenvalue weighted by Gasteiger charge is 2.31. The van der Waals surface area contributed by atoms with E-state index in [1.807, 2.05) is 13.8 Å². The van der Waals surface area contributed by atoms with E-state index in [0.717, 1.165) is 6.07 Å². The molecule has 0 unspecified atom stereocenters. The molecule has 1 aliphatic rings. The van der Waals surface area contributed by atoms with Crippen LogP contribution >= 0.6 is 0 Å². The lowest BCUT2D eigenvalue weighted by Crippen LogP contribution is -2.32. The van der Waals surface area contributed by atoms with Gasteiger partial charge in [-0.1, -0.05) is 19.9 Å². The Morgan fingerprint density at radius 3 is 2.65 bits per heavy atom. The highest BCUT2D eigenvalue weighted by molar-refractivity contribution is 7.92. The van der Waals surface area contributed by atoms with E-state index in [2.05, 4.69) is 4.99 Å². The van der Waals surface area contributed by atoms with Gasteiger partial charge >= 0.3 is 0 Å². The van der Waals surface area contributed by atoms with E-state index in [-0.39, 0.29) is 39.7 Å². The minimum Gasteiger partial charge on any atom is -0.506 e. The summed E-state index contributed by atoms with van der Waals surface area (Å²) in [5, 5.41) is 11.0. The minimum absolute atomic E-state index is 0.0438. The van der Waals surface area contributed by atoms with Gasteiger partial charge in [-0.25, -0.2) is 12.8 Å². The molecule has 0 saturated heterocycles. The molecule has 9 heteroatoms. The van der Waals surface area contributed by atoms with Crippen molar-refractivity contribution in [2.24, 2.45) is 16.6 Å². The number of sulfone groups is 1. The van der Waals surface area contributed by atoms with Crippen molar-refractivity contribution in [3.05, 3.63) is 63.7 Å². The lowest BCUT2D eigenvalue weighted by atomic mass is 10.1. The van der Waals surface area contributed by atoms with Crippen molar-refractivity contribution in [1.82, 2.24) is 4.57 Å². The molecule has 2 aromatic carbocycles. The lowest BCUT2D eigenvalue weighted by Gasteiger charge is -2.20. The Morgan fingerprint density at radius 1 is 1.23 bits per heavy atom. The Kier molecular flexibility index (Phi) is 5.18. The van der Waals surface area contributed by atoms with Gasteiger partial charge < -0.3 is 15.4 Å². The normalized spacial score (nSPS) is 15.2. The summed E-state index contributed by atoms with van der Waals surface area (Å²) >= 11 is 0. The molecule has 3 aromatic rings. The predicted octanol–water partition coefficient (Wildman–Crippen LogP) is 2.87. The van der Waals surface area contributed by atoms with Crippen LogP contribution in [0.5, 0.6) is 5.75 Å². The lowest BCUT2D eigenvalue weighted by molar-refractivity contribution is 0.472. The van der Waals surface area contributed by atoms with Gasteiger partial charge in [-0.15, -0.1) is 0 Å². The highest BCUT2D eigenvalue weighted by atomic mass is 32.2. The molecule has 0 fully saturated rings. The summed E-state index contributed by atoms with van der Waals surface area (Å²) in [6, 6.07) is 8.38. The molecule has 0 bridgehead atoms. The molecule has 1 aliphatic heterocycles. The third kappa shape index (κ3) is 3.64. The molecular weight excluding hydrogens is 421 g/mol. The van der Waals surface area contributed by atoms with Crippen LogP contribution < -0.4 is 11.3 Å². The Balaban J connectivity index is 2.06. The van der Waals surface area contributed by atoms with Gasteiger partial charge in [0.05, 0.1) is 27.6 Å². The van der Waals surface area contributed by atoms with Gasteiger partial charge in [0, 0.05) is 18.5 Å². The zero-order valence-corrected chi connectivity index (χ0v) is 17.9. The van der Waals surface area contributed by atoms with Gasteiger partial charge in [0.1, 0.15) is 17.1 Å². The number of aliphatic imine (C=N–C) groups is 1. The van der Waals surface area contributed by atoms with Crippen molar-refractivity contribution in [2.75, 3.05) is 5.75 Å². The number of aromatic nitrogens is 1. The summed E-state index contributed by atoms with van der Waals surface area (Å²) in [7, 11) is -3.80. The summed E-state index contributed by atoms with van der Waals surface area (Å²) in [6.45, 7) is 4.34. The maximum absolute atomic E-state index is 14.0. The number of fused-ring (bicyclic) bond motifs is 2. The first-order chi connectivity index (χ1) is 14.6. The molecule has 0 spiro atoms. The molecule has 0 saturated carbocycles. The average Bonchev–Trinajstić information content (AvgIpc) is 2.70. The standard InChI is InChI=1S/C22H22FN3O4S/c1-12(2)10-26-18-5-4-14(23)8-15(18)21(27)20(22(26)28)17-11-31(29,30)19-6-3-13(9-24)7-16(19)25-17/h3-8,12,27H,9-11,24H2,1-2H3. The van der Waals surface area contributed by atoms with Crippen LogP contribution in [-0.2, 0) is 22.9 Å². The second-order valence-corrected chi connectivity index (χ2v) is 9.98. The summed E-state index contributed by atoms with van der Waals surface area (Å²) in [6.07, 6.45) is 0. The van der Waals surface area contributed by atoms with Crippen LogP contribution in [0.15, 0.2) is 51.1 Å². The van der Waals surface area contributed by atoms with Crippen molar-refractivity contribution < 1.29 is 17.9 Å². The van der Waals surface area contributed by atoms with Crippen molar-refractivity contribution >= 4 is 32.1 Å². The zero-order valence-electron chi connectivity index (χ0n) is 17.1. The molecule has 1 aromatic heterocycles. The topological polar surface area (TPSA) is 115 Å². The molecule has 162 valence electrons. The number of pyridine rings is 1. The molecule has 0 radical (unpaired) electrons. The molecule has 31 heavy (non-hydrogen) atoms. The Morgan fingerprint density at radius 2 is 1.97 bits per heavy atom. The van der Waals surface area contributed by atoms with Crippen LogP contribution in [0, 0.1) is 11.7 Å². The fourth-order valence-electron chi connectivity index (χ4n) is 3.82. The van der Waals surface area contributed by atoms with E-state index in [1.165, 1.54) is 22.8 Å². The smallest absolute Gasteiger partial charge is 0.263 e. The van der Waals surface area contributed by atoms with Gasteiger partial charge in [-0.2, -0.15) is 0 Å². The molecule has 3 N–H and O–H groups in total. The fourth-order valence-corrected chi connectivity index (χ4v) is 5.25. The zero-order chi connectivity index (χ0) is 22.5. The number of hydrogen-bond donors (Lipinski definition) is 2. The third-order valence-electron chi connectivity index (χ3n) is 5.21. The van der Waals surface area contributed by atoms with Gasteiger partial charge in [0.2, 0.25) is 0 Å².